The number of rotatable bonds is 9. The highest BCUT2D eigenvalue weighted by Gasteiger charge is 2.24. The Morgan fingerprint density at radius 3 is 2.45 bits per heavy atom. The molecule has 0 saturated heterocycles. The molecule has 0 unspecified atom stereocenters. The van der Waals surface area contributed by atoms with Crippen LogP contribution in [0.5, 0.6) is 0 Å². The molecule has 2 aromatic carbocycles. The van der Waals surface area contributed by atoms with E-state index < -0.39 is 9.84 Å². The number of carbonyl (C=O) groups excluding carboxylic acids is 1. The molecule has 0 atom stereocenters. The van der Waals surface area contributed by atoms with Crippen LogP contribution in [0.1, 0.15) is 24.2 Å². The van der Waals surface area contributed by atoms with Gasteiger partial charge in [0.15, 0.2) is 15.0 Å². The highest BCUT2D eigenvalue weighted by molar-refractivity contribution is 7.98. The zero-order valence-corrected chi connectivity index (χ0v) is 20.6. The van der Waals surface area contributed by atoms with Gasteiger partial charge in [-0.05, 0) is 49.7 Å². The number of para-hydroxylation sites is 1. The summed E-state index contributed by atoms with van der Waals surface area (Å²) in [5.41, 5.74) is 1.01. The maximum Gasteiger partial charge on any atom is 0.260 e. The van der Waals surface area contributed by atoms with Crippen LogP contribution in [0.4, 0.5) is 5.13 Å². The van der Waals surface area contributed by atoms with Crippen LogP contribution in [0.25, 0.3) is 10.2 Å². The quantitative estimate of drug-likeness (QED) is 0.425. The van der Waals surface area contributed by atoms with E-state index in [9.17, 15) is 13.2 Å². The molecule has 0 bridgehead atoms. The van der Waals surface area contributed by atoms with E-state index in [1.165, 1.54) is 17.6 Å². The number of anilines is 1. The lowest BCUT2D eigenvalue weighted by atomic mass is 10.2. The topological polar surface area (TPSA) is 70.6 Å². The first-order valence-corrected chi connectivity index (χ1v) is 14.0. The number of hydrogen-bond donors (Lipinski definition) is 0. The Balaban J connectivity index is 2.06. The van der Waals surface area contributed by atoms with Gasteiger partial charge in [-0.2, -0.15) is 0 Å². The molecule has 1 aromatic heterocycles. The molecule has 9 heteroatoms. The summed E-state index contributed by atoms with van der Waals surface area (Å²) in [6, 6.07) is 12.6. The molecule has 0 aliphatic heterocycles. The van der Waals surface area contributed by atoms with E-state index in [1.54, 1.807) is 28.8 Å². The Kier molecular flexibility index (Phi) is 7.74. The molecule has 166 valence electrons. The number of hydrogen-bond acceptors (Lipinski definition) is 7. The first kappa shape index (κ1) is 23.7. The lowest BCUT2D eigenvalue weighted by molar-refractivity contribution is 0.0983. The van der Waals surface area contributed by atoms with Crippen molar-refractivity contribution < 1.29 is 13.2 Å². The molecule has 0 aliphatic rings. The predicted molar refractivity (Wildman–Crippen MR) is 130 cm³/mol. The van der Waals surface area contributed by atoms with Crippen LogP contribution >= 0.6 is 23.1 Å². The minimum atomic E-state index is -3.43. The second-order valence-corrected chi connectivity index (χ2v) is 11.0. The fourth-order valence-electron chi connectivity index (χ4n) is 3.30. The van der Waals surface area contributed by atoms with E-state index in [1.807, 2.05) is 36.6 Å². The summed E-state index contributed by atoms with van der Waals surface area (Å²) < 4.78 is 25.2. The Bertz CT molecular complexity index is 1170. The molecule has 0 N–H and O–H groups in total. The molecule has 1 heterocycles. The van der Waals surface area contributed by atoms with Crippen molar-refractivity contribution in [2.75, 3.05) is 43.6 Å². The van der Waals surface area contributed by atoms with Crippen LogP contribution in [0.15, 0.2) is 52.3 Å². The smallest absolute Gasteiger partial charge is 0.260 e. The summed E-state index contributed by atoms with van der Waals surface area (Å²) in [4.78, 5) is 23.2. The van der Waals surface area contributed by atoms with Gasteiger partial charge in [-0.3, -0.25) is 9.69 Å². The largest absolute Gasteiger partial charge is 0.302 e. The van der Waals surface area contributed by atoms with Crippen molar-refractivity contribution in [1.29, 1.82) is 0 Å². The normalized spacial score (nSPS) is 11.9. The summed E-state index contributed by atoms with van der Waals surface area (Å²) in [5, 5.41) is 0.512. The number of nitrogens with zero attached hydrogens (tertiary/aromatic N) is 3. The number of thiazole rings is 1. The molecular formula is C22H27N3O3S3. The number of sulfone groups is 1. The molecule has 0 saturated carbocycles. The summed E-state index contributed by atoms with van der Waals surface area (Å²) >= 11 is 2.92. The van der Waals surface area contributed by atoms with Gasteiger partial charge >= 0.3 is 0 Å². The van der Waals surface area contributed by atoms with Crippen molar-refractivity contribution in [3.05, 3.63) is 48.0 Å². The third-order valence-electron chi connectivity index (χ3n) is 5.10. The summed E-state index contributed by atoms with van der Waals surface area (Å²) in [5.74, 6) is -0.136. The zero-order valence-electron chi connectivity index (χ0n) is 18.2. The van der Waals surface area contributed by atoms with Crippen LogP contribution < -0.4 is 4.90 Å². The minimum Gasteiger partial charge on any atom is -0.302 e. The Hall–Kier alpha value is -1.94. The lowest BCUT2D eigenvalue weighted by Gasteiger charge is -2.25. The van der Waals surface area contributed by atoms with Gasteiger partial charge in [0.05, 0.1) is 9.60 Å². The molecule has 3 aromatic rings. The molecule has 3 rings (SSSR count). The zero-order chi connectivity index (χ0) is 22.6. The van der Waals surface area contributed by atoms with Gasteiger partial charge in [-0.15, -0.1) is 11.8 Å². The van der Waals surface area contributed by atoms with Gasteiger partial charge in [0.1, 0.15) is 5.52 Å². The number of likely N-dealkylation sites (N-methyl/N-ethyl adjacent to an activating group) is 1. The first-order valence-electron chi connectivity index (χ1n) is 10.1. The van der Waals surface area contributed by atoms with E-state index in [0.717, 1.165) is 22.7 Å². The Morgan fingerprint density at radius 1 is 1.10 bits per heavy atom. The summed E-state index contributed by atoms with van der Waals surface area (Å²) in [6.45, 7) is 7.13. The maximum absolute atomic E-state index is 13.5. The van der Waals surface area contributed by atoms with Gasteiger partial charge in [-0.1, -0.05) is 37.3 Å². The van der Waals surface area contributed by atoms with Crippen molar-refractivity contribution in [3.8, 4) is 0 Å². The second-order valence-electron chi connectivity index (χ2n) is 7.09. The van der Waals surface area contributed by atoms with Crippen molar-refractivity contribution in [2.24, 2.45) is 0 Å². The molecule has 6 nitrogen and oxygen atoms in total. The number of benzene rings is 2. The van der Waals surface area contributed by atoms with E-state index in [4.69, 9.17) is 0 Å². The first-order chi connectivity index (χ1) is 14.8. The van der Waals surface area contributed by atoms with Crippen molar-refractivity contribution in [1.82, 2.24) is 9.88 Å². The summed E-state index contributed by atoms with van der Waals surface area (Å²) in [6.07, 6.45) is 3.15. The van der Waals surface area contributed by atoms with Crippen LogP contribution in [0, 0.1) is 0 Å². The molecule has 0 radical (unpaired) electrons. The predicted octanol–water partition coefficient (Wildman–Crippen LogP) is 4.41. The number of thioether (sulfide) groups is 1. The van der Waals surface area contributed by atoms with Crippen molar-refractivity contribution in [3.63, 3.8) is 0 Å². The van der Waals surface area contributed by atoms with Crippen LogP contribution in [-0.2, 0) is 9.84 Å². The molecule has 0 aliphatic carbocycles. The standard InChI is InChI=1S/C22H27N3O3S3/c1-5-24(6-2)13-14-25(21(26)16-9-7-10-17(15-16)29-3)22-23-20-18(30-22)11-8-12-19(20)31(4,27)28/h7-12,15H,5-6,13-14H2,1-4H3. The molecule has 0 spiro atoms. The average molecular weight is 478 g/mol. The fraction of sp³-hybridized carbons (Fsp3) is 0.364. The summed E-state index contributed by atoms with van der Waals surface area (Å²) in [7, 11) is -3.43. The highest BCUT2D eigenvalue weighted by Crippen LogP contribution is 2.33. The van der Waals surface area contributed by atoms with Crippen LogP contribution in [0.2, 0.25) is 0 Å². The molecular weight excluding hydrogens is 450 g/mol. The highest BCUT2D eigenvalue weighted by atomic mass is 32.2. The SMILES string of the molecule is CCN(CC)CCN(C(=O)c1cccc(SC)c1)c1nc2c(S(C)(=O)=O)cccc2s1. The Morgan fingerprint density at radius 2 is 1.81 bits per heavy atom. The second kappa shape index (κ2) is 10.1. The van der Waals surface area contributed by atoms with Gasteiger partial charge in [0.2, 0.25) is 0 Å². The van der Waals surface area contributed by atoms with E-state index >= 15 is 0 Å². The maximum atomic E-state index is 13.5. The van der Waals surface area contributed by atoms with E-state index in [-0.39, 0.29) is 10.8 Å². The third kappa shape index (κ3) is 5.46. The van der Waals surface area contributed by atoms with Crippen LogP contribution in [-0.4, -0.2) is 62.9 Å². The van der Waals surface area contributed by atoms with Gasteiger partial charge < -0.3 is 4.90 Å². The van der Waals surface area contributed by atoms with E-state index in [0.29, 0.717) is 29.3 Å². The van der Waals surface area contributed by atoms with Crippen molar-refractivity contribution >= 4 is 54.2 Å². The Labute approximate surface area is 192 Å². The minimum absolute atomic E-state index is 0.136. The van der Waals surface area contributed by atoms with Gasteiger partial charge in [-0.25, -0.2) is 13.4 Å². The average Bonchev–Trinajstić information content (AvgIpc) is 3.19. The molecule has 0 fully saturated rings. The number of carbonyl (C=O) groups is 1. The van der Waals surface area contributed by atoms with Gasteiger partial charge in [0, 0.05) is 29.8 Å². The van der Waals surface area contributed by atoms with Gasteiger partial charge in [0.25, 0.3) is 5.91 Å². The molecule has 31 heavy (non-hydrogen) atoms. The number of fused-ring (bicyclic) bond motifs is 1. The van der Waals surface area contributed by atoms with Crippen LogP contribution in [0.3, 0.4) is 0 Å². The van der Waals surface area contributed by atoms with Crippen molar-refractivity contribution in [2.45, 2.75) is 23.6 Å². The molecule has 1 amide bonds. The number of amides is 1. The fourth-order valence-corrected chi connectivity index (χ4v) is 5.68. The monoisotopic (exact) mass is 477 g/mol. The third-order valence-corrected chi connectivity index (χ3v) is 7.99. The van der Waals surface area contributed by atoms with E-state index in [2.05, 4.69) is 23.7 Å². The lowest BCUT2D eigenvalue weighted by Crippen LogP contribution is -2.38. The number of aromatic nitrogens is 1.